The maximum absolute atomic E-state index is 12.5. The van der Waals surface area contributed by atoms with Gasteiger partial charge in [-0.25, -0.2) is 0 Å². The summed E-state index contributed by atoms with van der Waals surface area (Å²) < 4.78 is 1.09. The first kappa shape index (κ1) is 16.7. The minimum atomic E-state index is 0. The third-order valence-corrected chi connectivity index (χ3v) is 4.16. The molecule has 106 valence electrons. The van der Waals surface area contributed by atoms with Gasteiger partial charge in [-0.1, -0.05) is 6.07 Å². The Kier molecular flexibility index (Phi) is 6.56. The van der Waals surface area contributed by atoms with Crippen molar-refractivity contribution in [2.75, 3.05) is 6.54 Å². The predicted molar refractivity (Wildman–Crippen MR) is 88.7 cm³/mol. The van der Waals surface area contributed by atoms with Crippen molar-refractivity contribution in [3.63, 3.8) is 0 Å². The van der Waals surface area contributed by atoms with Crippen molar-refractivity contribution < 1.29 is 4.79 Å². The SMILES string of the molecule is CC(N)C1CCCCN1C(=O)c1cccc(I)c1.Cl. The van der Waals surface area contributed by atoms with Gasteiger partial charge in [-0.3, -0.25) is 4.79 Å². The summed E-state index contributed by atoms with van der Waals surface area (Å²) in [6.07, 6.45) is 3.27. The van der Waals surface area contributed by atoms with E-state index in [4.69, 9.17) is 5.73 Å². The van der Waals surface area contributed by atoms with Crippen LogP contribution >= 0.6 is 35.0 Å². The molecule has 5 heteroatoms. The lowest BCUT2D eigenvalue weighted by Gasteiger charge is -2.38. The van der Waals surface area contributed by atoms with Crippen LogP contribution in [0.4, 0.5) is 0 Å². The Morgan fingerprint density at radius 2 is 2.21 bits per heavy atom. The smallest absolute Gasteiger partial charge is 0.254 e. The minimum Gasteiger partial charge on any atom is -0.334 e. The highest BCUT2D eigenvalue weighted by Crippen LogP contribution is 2.22. The molecule has 1 aliphatic rings. The first-order valence-electron chi connectivity index (χ1n) is 6.41. The number of benzene rings is 1. The molecule has 0 saturated carbocycles. The molecule has 19 heavy (non-hydrogen) atoms. The van der Waals surface area contributed by atoms with E-state index < -0.39 is 0 Å². The molecule has 1 fully saturated rings. The Morgan fingerprint density at radius 1 is 1.47 bits per heavy atom. The first-order valence-corrected chi connectivity index (χ1v) is 7.49. The van der Waals surface area contributed by atoms with E-state index in [9.17, 15) is 4.79 Å². The van der Waals surface area contributed by atoms with E-state index in [-0.39, 0.29) is 30.4 Å². The molecule has 1 amide bonds. The summed E-state index contributed by atoms with van der Waals surface area (Å²) in [5, 5.41) is 0. The van der Waals surface area contributed by atoms with Gasteiger partial charge < -0.3 is 10.6 Å². The molecule has 0 radical (unpaired) electrons. The second kappa shape index (κ2) is 7.45. The van der Waals surface area contributed by atoms with Crippen LogP contribution in [0.25, 0.3) is 0 Å². The summed E-state index contributed by atoms with van der Waals surface area (Å²) >= 11 is 2.23. The van der Waals surface area contributed by atoms with E-state index >= 15 is 0 Å². The third kappa shape index (κ3) is 4.07. The van der Waals surface area contributed by atoms with E-state index in [1.807, 2.05) is 36.1 Å². The normalized spacial score (nSPS) is 20.6. The highest BCUT2D eigenvalue weighted by atomic mass is 127. The highest BCUT2D eigenvalue weighted by molar-refractivity contribution is 14.1. The minimum absolute atomic E-state index is 0. The Balaban J connectivity index is 0.00000180. The average molecular weight is 395 g/mol. The van der Waals surface area contributed by atoms with Crippen LogP contribution in [0.15, 0.2) is 24.3 Å². The van der Waals surface area contributed by atoms with Crippen LogP contribution in [0, 0.1) is 3.57 Å². The fraction of sp³-hybridized carbons (Fsp3) is 0.500. The zero-order chi connectivity index (χ0) is 13.1. The van der Waals surface area contributed by atoms with Crippen molar-refractivity contribution in [2.24, 2.45) is 5.73 Å². The Hall–Kier alpha value is -0.330. The van der Waals surface area contributed by atoms with E-state index in [0.29, 0.717) is 0 Å². The second-order valence-corrected chi connectivity index (χ2v) is 6.18. The van der Waals surface area contributed by atoms with Crippen molar-refractivity contribution >= 4 is 40.9 Å². The quantitative estimate of drug-likeness (QED) is 0.784. The van der Waals surface area contributed by atoms with Gasteiger partial charge in [0.2, 0.25) is 0 Å². The Morgan fingerprint density at radius 3 is 2.84 bits per heavy atom. The Labute approximate surface area is 134 Å². The number of nitrogens with zero attached hydrogens (tertiary/aromatic N) is 1. The first-order chi connectivity index (χ1) is 8.59. The van der Waals surface area contributed by atoms with E-state index in [2.05, 4.69) is 22.6 Å². The Bertz CT molecular complexity index is 439. The summed E-state index contributed by atoms with van der Waals surface area (Å²) in [5.74, 6) is 0.121. The fourth-order valence-electron chi connectivity index (χ4n) is 2.54. The molecule has 1 aromatic rings. The van der Waals surface area contributed by atoms with Crippen molar-refractivity contribution in [1.29, 1.82) is 0 Å². The molecule has 3 nitrogen and oxygen atoms in total. The van der Waals surface area contributed by atoms with Gasteiger partial charge in [0.1, 0.15) is 0 Å². The largest absolute Gasteiger partial charge is 0.334 e. The van der Waals surface area contributed by atoms with Crippen LogP contribution in [0.2, 0.25) is 0 Å². The van der Waals surface area contributed by atoms with Gasteiger partial charge in [-0.2, -0.15) is 0 Å². The molecule has 2 unspecified atom stereocenters. The number of hydrogen-bond acceptors (Lipinski definition) is 2. The lowest BCUT2D eigenvalue weighted by atomic mass is 9.96. The van der Waals surface area contributed by atoms with Gasteiger partial charge in [0.05, 0.1) is 0 Å². The molecule has 1 aromatic carbocycles. The molecular formula is C14H20ClIN2O. The van der Waals surface area contributed by atoms with E-state index in [1.165, 1.54) is 6.42 Å². The van der Waals surface area contributed by atoms with Gasteiger partial charge >= 0.3 is 0 Å². The van der Waals surface area contributed by atoms with Crippen molar-refractivity contribution in [3.05, 3.63) is 33.4 Å². The lowest BCUT2D eigenvalue weighted by molar-refractivity contribution is 0.0584. The van der Waals surface area contributed by atoms with Crippen molar-refractivity contribution in [1.82, 2.24) is 4.90 Å². The molecule has 1 aliphatic heterocycles. The number of hydrogen-bond donors (Lipinski definition) is 1. The number of carbonyl (C=O) groups excluding carboxylic acids is 1. The number of piperidine rings is 1. The number of carbonyl (C=O) groups is 1. The number of nitrogens with two attached hydrogens (primary N) is 1. The zero-order valence-electron chi connectivity index (χ0n) is 11.0. The molecule has 0 aliphatic carbocycles. The zero-order valence-corrected chi connectivity index (χ0v) is 14.0. The number of halogens is 2. The highest BCUT2D eigenvalue weighted by Gasteiger charge is 2.29. The van der Waals surface area contributed by atoms with Crippen LogP contribution in [-0.4, -0.2) is 29.4 Å². The van der Waals surface area contributed by atoms with Gasteiger partial charge in [0.15, 0.2) is 0 Å². The second-order valence-electron chi connectivity index (χ2n) is 4.93. The van der Waals surface area contributed by atoms with Crippen molar-refractivity contribution in [2.45, 2.75) is 38.3 Å². The maximum Gasteiger partial charge on any atom is 0.254 e. The molecule has 1 heterocycles. The monoisotopic (exact) mass is 394 g/mol. The van der Waals surface area contributed by atoms with E-state index in [0.717, 1.165) is 28.5 Å². The van der Waals surface area contributed by atoms with E-state index in [1.54, 1.807) is 0 Å². The standard InChI is InChI=1S/C14H19IN2O.ClH/c1-10(16)13-7-2-3-8-17(13)14(18)11-5-4-6-12(15)9-11;/h4-6,9-10,13H,2-3,7-8,16H2,1H3;1H. The number of likely N-dealkylation sites (tertiary alicyclic amines) is 1. The molecule has 2 N–H and O–H groups in total. The van der Waals surface area contributed by atoms with Gasteiger partial charge in [-0.05, 0) is 67.0 Å². The van der Waals surface area contributed by atoms with Gasteiger partial charge in [0, 0.05) is 27.8 Å². The van der Waals surface area contributed by atoms with Crippen LogP contribution in [-0.2, 0) is 0 Å². The summed E-state index contributed by atoms with van der Waals surface area (Å²) in [6.45, 7) is 2.82. The van der Waals surface area contributed by atoms with Crippen molar-refractivity contribution in [3.8, 4) is 0 Å². The molecule has 1 saturated heterocycles. The maximum atomic E-state index is 12.5. The topological polar surface area (TPSA) is 46.3 Å². The molecule has 0 aromatic heterocycles. The van der Waals surface area contributed by atoms with Gasteiger partial charge in [0.25, 0.3) is 5.91 Å². The van der Waals surface area contributed by atoms with Crippen LogP contribution in [0.1, 0.15) is 36.5 Å². The molecular weight excluding hydrogens is 375 g/mol. The summed E-state index contributed by atoms with van der Waals surface area (Å²) in [5.41, 5.74) is 6.78. The van der Waals surface area contributed by atoms with Crippen LogP contribution in [0.5, 0.6) is 0 Å². The summed E-state index contributed by atoms with van der Waals surface area (Å²) in [6, 6.07) is 7.98. The third-order valence-electron chi connectivity index (χ3n) is 3.49. The van der Waals surface area contributed by atoms with Crippen LogP contribution < -0.4 is 5.73 Å². The predicted octanol–water partition coefficient (Wildman–Crippen LogP) is 3.05. The molecule has 2 rings (SSSR count). The lowest BCUT2D eigenvalue weighted by Crippen LogP contribution is -2.51. The number of amides is 1. The number of rotatable bonds is 2. The average Bonchev–Trinajstić information content (AvgIpc) is 2.38. The molecule has 2 atom stereocenters. The molecule has 0 bridgehead atoms. The fourth-order valence-corrected chi connectivity index (χ4v) is 3.09. The van der Waals surface area contributed by atoms with Crippen LogP contribution in [0.3, 0.4) is 0 Å². The molecule has 0 spiro atoms. The van der Waals surface area contributed by atoms with Gasteiger partial charge in [-0.15, -0.1) is 12.4 Å². The summed E-state index contributed by atoms with van der Waals surface area (Å²) in [7, 11) is 0. The summed E-state index contributed by atoms with van der Waals surface area (Å²) in [4.78, 5) is 14.5.